The Hall–Kier alpha value is -1.68. The Labute approximate surface area is 112 Å². The second kappa shape index (κ2) is 5.53. The van der Waals surface area contributed by atoms with Gasteiger partial charge in [-0.1, -0.05) is 6.92 Å². The monoisotopic (exact) mass is 262 g/mol. The van der Waals surface area contributed by atoms with Crippen LogP contribution in [-0.4, -0.2) is 23.4 Å². The van der Waals surface area contributed by atoms with Gasteiger partial charge in [0.1, 0.15) is 5.82 Å². The summed E-state index contributed by atoms with van der Waals surface area (Å²) < 4.78 is 15.4. The van der Waals surface area contributed by atoms with Gasteiger partial charge in [0.25, 0.3) is 0 Å². The number of benzene rings is 1. The third-order valence-electron chi connectivity index (χ3n) is 3.52. The molecule has 0 amide bonds. The maximum atomic E-state index is 13.4. The maximum Gasteiger partial charge on any atom is 0.181 e. The molecule has 0 saturated carbocycles. The summed E-state index contributed by atoms with van der Waals surface area (Å²) in [6, 6.07) is 4.37. The van der Waals surface area contributed by atoms with Crippen molar-refractivity contribution >= 4 is 16.7 Å². The fourth-order valence-electron chi connectivity index (χ4n) is 2.44. The second-order valence-electron chi connectivity index (χ2n) is 4.60. The number of ketones is 1. The van der Waals surface area contributed by atoms with Gasteiger partial charge < -0.3 is 9.88 Å². The first-order valence-corrected chi connectivity index (χ1v) is 6.62. The van der Waals surface area contributed by atoms with Gasteiger partial charge in [0.15, 0.2) is 5.78 Å². The topological polar surface area (TPSA) is 34.0 Å². The highest BCUT2D eigenvalue weighted by atomic mass is 19.1. The van der Waals surface area contributed by atoms with E-state index in [0.29, 0.717) is 17.4 Å². The van der Waals surface area contributed by atoms with Crippen LogP contribution in [0.15, 0.2) is 24.4 Å². The molecule has 3 nitrogen and oxygen atoms in total. The van der Waals surface area contributed by atoms with Gasteiger partial charge in [0, 0.05) is 29.2 Å². The third kappa shape index (κ3) is 2.40. The van der Waals surface area contributed by atoms with Crippen LogP contribution in [0.4, 0.5) is 4.39 Å². The van der Waals surface area contributed by atoms with Gasteiger partial charge in [0.2, 0.25) is 0 Å². The molecule has 0 fully saturated rings. The molecule has 1 aromatic heterocycles. The van der Waals surface area contributed by atoms with E-state index in [1.807, 2.05) is 24.6 Å². The van der Waals surface area contributed by atoms with E-state index in [1.54, 1.807) is 13.1 Å². The minimum absolute atomic E-state index is 0.0211. The van der Waals surface area contributed by atoms with Crippen molar-refractivity contribution in [1.29, 1.82) is 0 Å². The SMILES string of the molecule is CCC(NC)C(=O)c1cn(CC)c2ccc(F)cc12. The van der Waals surface area contributed by atoms with Crippen LogP contribution >= 0.6 is 0 Å². The molecule has 0 aliphatic heterocycles. The van der Waals surface area contributed by atoms with Gasteiger partial charge in [-0.15, -0.1) is 0 Å². The molecule has 0 aliphatic rings. The number of carbonyl (C=O) groups excluding carboxylic acids is 1. The predicted molar refractivity (Wildman–Crippen MR) is 75.0 cm³/mol. The van der Waals surface area contributed by atoms with E-state index in [0.717, 1.165) is 12.1 Å². The van der Waals surface area contributed by atoms with Crippen LogP contribution in [0.25, 0.3) is 10.9 Å². The van der Waals surface area contributed by atoms with Crippen molar-refractivity contribution in [3.63, 3.8) is 0 Å². The number of fused-ring (bicyclic) bond motifs is 1. The van der Waals surface area contributed by atoms with Crippen LogP contribution in [0, 0.1) is 5.82 Å². The zero-order chi connectivity index (χ0) is 14.0. The Morgan fingerprint density at radius 3 is 2.74 bits per heavy atom. The number of likely N-dealkylation sites (N-methyl/N-ethyl adjacent to an activating group) is 1. The largest absolute Gasteiger partial charge is 0.347 e. The first-order chi connectivity index (χ1) is 9.12. The van der Waals surface area contributed by atoms with Crippen molar-refractivity contribution in [2.24, 2.45) is 0 Å². The van der Waals surface area contributed by atoms with E-state index in [2.05, 4.69) is 5.32 Å². The molecule has 0 aliphatic carbocycles. The number of halogens is 1. The molecule has 0 radical (unpaired) electrons. The number of hydrogen-bond acceptors (Lipinski definition) is 2. The molecule has 0 spiro atoms. The Morgan fingerprint density at radius 2 is 2.16 bits per heavy atom. The lowest BCUT2D eigenvalue weighted by molar-refractivity contribution is 0.0946. The lowest BCUT2D eigenvalue weighted by Gasteiger charge is -2.11. The Bertz CT molecular complexity index is 599. The van der Waals surface area contributed by atoms with Gasteiger partial charge in [-0.3, -0.25) is 4.79 Å². The van der Waals surface area contributed by atoms with Crippen molar-refractivity contribution in [3.8, 4) is 0 Å². The van der Waals surface area contributed by atoms with Crippen LogP contribution < -0.4 is 5.32 Å². The van der Waals surface area contributed by atoms with Crippen LogP contribution in [0.3, 0.4) is 0 Å². The summed E-state index contributed by atoms with van der Waals surface area (Å²) in [6.45, 7) is 4.72. The minimum atomic E-state index is -0.312. The summed E-state index contributed by atoms with van der Waals surface area (Å²) in [5, 5.41) is 3.70. The Kier molecular flexibility index (Phi) is 4.00. The second-order valence-corrected chi connectivity index (χ2v) is 4.60. The van der Waals surface area contributed by atoms with E-state index in [1.165, 1.54) is 12.1 Å². The molecule has 102 valence electrons. The van der Waals surface area contributed by atoms with E-state index in [9.17, 15) is 9.18 Å². The number of carbonyl (C=O) groups is 1. The number of aromatic nitrogens is 1. The molecular formula is C15H19FN2O. The van der Waals surface area contributed by atoms with Crippen LogP contribution in [0.1, 0.15) is 30.6 Å². The first-order valence-electron chi connectivity index (χ1n) is 6.62. The number of Topliss-reactive ketones (excluding diaryl/α,β-unsaturated/α-hetero) is 1. The molecule has 1 atom stereocenters. The van der Waals surface area contributed by atoms with Crippen molar-refractivity contribution < 1.29 is 9.18 Å². The lowest BCUT2D eigenvalue weighted by Crippen LogP contribution is -2.33. The molecule has 0 bridgehead atoms. The lowest BCUT2D eigenvalue weighted by atomic mass is 10.0. The highest BCUT2D eigenvalue weighted by Gasteiger charge is 2.21. The Balaban J connectivity index is 2.59. The summed E-state index contributed by atoms with van der Waals surface area (Å²) in [5.74, 6) is -0.291. The van der Waals surface area contributed by atoms with Crippen molar-refractivity contribution in [1.82, 2.24) is 9.88 Å². The van der Waals surface area contributed by atoms with Crippen LogP contribution in [0.5, 0.6) is 0 Å². The summed E-state index contributed by atoms with van der Waals surface area (Å²) >= 11 is 0. The van der Waals surface area contributed by atoms with Crippen molar-refractivity contribution in [2.75, 3.05) is 7.05 Å². The summed E-state index contributed by atoms with van der Waals surface area (Å²) in [4.78, 5) is 12.5. The number of nitrogens with one attached hydrogen (secondary N) is 1. The quantitative estimate of drug-likeness (QED) is 0.840. The molecule has 1 unspecified atom stereocenters. The average Bonchev–Trinajstić information content (AvgIpc) is 2.77. The number of hydrogen-bond donors (Lipinski definition) is 1. The van der Waals surface area contributed by atoms with Gasteiger partial charge in [0.05, 0.1) is 6.04 Å². The van der Waals surface area contributed by atoms with Crippen molar-refractivity contribution in [3.05, 3.63) is 35.8 Å². The molecule has 0 saturated heterocycles. The zero-order valence-electron chi connectivity index (χ0n) is 11.5. The van der Waals surface area contributed by atoms with Gasteiger partial charge in [-0.25, -0.2) is 4.39 Å². The molecule has 2 aromatic rings. The molecule has 19 heavy (non-hydrogen) atoms. The predicted octanol–water partition coefficient (Wildman–Crippen LogP) is 2.98. The van der Waals surface area contributed by atoms with Gasteiger partial charge in [-0.05, 0) is 38.6 Å². The molecule has 2 rings (SSSR count). The highest BCUT2D eigenvalue weighted by Crippen LogP contribution is 2.24. The summed E-state index contributed by atoms with van der Waals surface area (Å²) in [5.41, 5.74) is 1.50. The molecule has 1 heterocycles. The fraction of sp³-hybridized carbons (Fsp3) is 0.400. The minimum Gasteiger partial charge on any atom is -0.347 e. The maximum absolute atomic E-state index is 13.4. The third-order valence-corrected chi connectivity index (χ3v) is 3.52. The molecular weight excluding hydrogens is 243 g/mol. The zero-order valence-corrected chi connectivity index (χ0v) is 11.5. The Morgan fingerprint density at radius 1 is 1.42 bits per heavy atom. The molecule has 1 aromatic carbocycles. The van der Waals surface area contributed by atoms with E-state index < -0.39 is 0 Å². The van der Waals surface area contributed by atoms with E-state index in [-0.39, 0.29) is 17.6 Å². The number of aryl methyl sites for hydroxylation is 1. The normalized spacial score (nSPS) is 12.8. The van der Waals surface area contributed by atoms with Crippen LogP contribution in [0.2, 0.25) is 0 Å². The summed E-state index contributed by atoms with van der Waals surface area (Å²) in [6.07, 6.45) is 2.54. The van der Waals surface area contributed by atoms with Gasteiger partial charge >= 0.3 is 0 Å². The number of rotatable bonds is 5. The average molecular weight is 262 g/mol. The molecule has 1 N–H and O–H groups in total. The van der Waals surface area contributed by atoms with E-state index in [4.69, 9.17) is 0 Å². The fourth-order valence-corrected chi connectivity index (χ4v) is 2.44. The van der Waals surface area contributed by atoms with Gasteiger partial charge in [-0.2, -0.15) is 0 Å². The van der Waals surface area contributed by atoms with Crippen molar-refractivity contribution in [2.45, 2.75) is 32.9 Å². The standard InChI is InChI=1S/C15H19FN2O/c1-4-13(17-3)15(19)12-9-18(5-2)14-7-6-10(16)8-11(12)14/h6-9,13,17H,4-5H2,1-3H3. The summed E-state index contributed by atoms with van der Waals surface area (Å²) in [7, 11) is 1.77. The smallest absolute Gasteiger partial charge is 0.181 e. The van der Waals surface area contributed by atoms with Crippen LogP contribution in [-0.2, 0) is 6.54 Å². The number of nitrogens with zero attached hydrogens (tertiary/aromatic N) is 1. The highest BCUT2D eigenvalue weighted by molar-refractivity contribution is 6.10. The first kappa shape index (κ1) is 13.7. The van der Waals surface area contributed by atoms with E-state index >= 15 is 0 Å². The molecule has 4 heteroatoms.